The van der Waals surface area contributed by atoms with Crippen LogP contribution in [0.2, 0.25) is 0 Å². The Labute approximate surface area is 86.0 Å². The molecule has 0 aromatic heterocycles. The van der Waals surface area contributed by atoms with Gasteiger partial charge in [-0.3, -0.25) is 4.79 Å². The quantitative estimate of drug-likeness (QED) is 0.555. The van der Waals surface area contributed by atoms with Crippen LogP contribution in [0.1, 0.15) is 33.1 Å². The summed E-state index contributed by atoms with van der Waals surface area (Å²) in [5, 5.41) is 9.73. The lowest BCUT2D eigenvalue weighted by Gasteiger charge is -2.33. The zero-order valence-corrected chi connectivity index (χ0v) is 9.02. The van der Waals surface area contributed by atoms with Gasteiger partial charge in [-0.15, -0.1) is 0 Å². The fourth-order valence-corrected chi connectivity index (χ4v) is 2.18. The van der Waals surface area contributed by atoms with Crippen molar-refractivity contribution < 1.29 is 9.90 Å². The van der Waals surface area contributed by atoms with Gasteiger partial charge in [-0.1, -0.05) is 19.9 Å². The van der Waals surface area contributed by atoms with Crippen LogP contribution in [0.15, 0.2) is 12.2 Å². The van der Waals surface area contributed by atoms with Crippen molar-refractivity contribution >= 4 is 6.29 Å². The molecule has 1 aliphatic carbocycles. The van der Waals surface area contributed by atoms with Gasteiger partial charge in [-0.25, -0.2) is 0 Å². The molecule has 1 rings (SSSR count). The van der Waals surface area contributed by atoms with Crippen LogP contribution < -0.4 is 0 Å². The first kappa shape index (κ1) is 11.4. The lowest BCUT2D eigenvalue weighted by molar-refractivity contribution is -0.104. The minimum atomic E-state index is -0.152. The van der Waals surface area contributed by atoms with E-state index in [1.807, 2.05) is 6.08 Å². The maximum Gasteiger partial charge on any atom is 0.142 e. The van der Waals surface area contributed by atoms with Crippen molar-refractivity contribution in [2.24, 2.45) is 17.8 Å². The summed E-state index contributed by atoms with van der Waals surface area (Å²) < 4.78 is 0. The van der Waals surface area contributed by atoms with Gasteiger partial charge in [0.15, 0.2) is 0 Å². The van der Waals surface area contributed by atoms with Gasteiger partial charge in [0.05, 0.1) is 6.10 Å². The molecule has 4 unspecified atom stereocenters. The van der Waals surface area contributed by atoms with E-state index in [2.05, 4.69) is 13.8 Å². The first-order valence-electron chi connectivity index (χ1n) is 5.45. The molecule has 80 valence electrons. The molecule has 2 nitrogen and oxygen atoms in total. The Balaban J connectivity index is 2.45. The average molecular weight is 196 g/mol. The molecule has 0 aromatic rings. The lowest BCUT2D eigenvalue weighted by atomic mass is 9.75. The SMILES string of the molecule is CC(/C=C/C=O)C1CCC(C)C(O)C1. The van der Waals surface area contributed by atoms with E-state index in [1.165, 1.54) is 6.42 Å². The van der Waals surface area contributed by atoms with Crippen molar-refractivity contribution in [3.05, 3.63) is 12.2 Å². The highest BCUT2D eigenvalue weighted by Crippen LogP contribution is 2.33. The molecule has 1 aliphatic rings. The molecule has 0 aromatic carbocycles. The Morgan fingerprint density at radius 1 is 1.43 bits per heavy atom. The molecule has 1 fully saturated rings. The minimum absolute atomic E-state index is 0.152. The Bertz CT molecular complexity index is 210. The van der Waals surface area contributed by atoms with Crippen LogP contribution in [0.3, 0.4) is 0 Å². The molecule has 14 heavy (non-hydrogen) atoms. The molecule has 0 spiro atoms. The second kappa shape index (κ2) is 5.30. The van der Waals surface area contributed by atoms with Crippen molar-refractivity contribution in [3.8, 4) is 0 Å². The number of rotatable bonds is 3. The van der Waals surface area contributed by atoms with Crippen molar-refractivity contribution in [3.63, 3.8) is 0 Å². The van der Waals surface area contributed by atoms with E-state index < -0.39 is 0 Å². The Kier molecular flexibility index (Phi) is 4.33. The average Bonchev–Trinajstić information content (AvgIpc) is 2.18. The van der Waals surface area contributed by atoms with Crippen LogP contribution in [0.5, 0.6) is 0 Å². The van der Waals surface area contributed by atoms with Gasteiger partial charge in [0.1, 0.15) is 6.29 Å². The Morgan fingerprint density at radius 3 is 2.71 bits per heavy atom. The zero-order chi connectivity index (χ0) is 10.6. The maximum atomic E-state index is 10.2. The number of carbonyl (C=O) groups is 1. The van der Waals surface area contributed by atoms with Gasteiger partial charge >= 0.3 is 0 Å². The van der Waals surface area contributed by atoms with Crippen LogP contribution in [0.4, 0.5) is 0 Å². The summed E-state index contributed by atoms with van der Waals surface area (Å²) in [7, 11) is 0. The smallest absolute Gasteiger partial charge is 0.142 e. The van der Waals surface area contributed by atoms with Gasteiger partial charge in [0.25, 0.3) is 0 Å². The van der Waals surface area contributed by atoms with E-state index in [1.54, 1.807) is 6.08 Å². The van der Waals surface area contributed by atoms with E-state index >= 15 is 0 Å². The molecule has 0 radical (unpaired) electrons. The number of aliphatic hydroxyl groups is 1. The van der Waals surface area contributed by atoms with E-state index in [-0.39, 0.29) is 6.10 Å². The molecule has 2 heteroatoms. The lowest BCUT2D eigenvalue weighted by Crippen LogP contribution is -2.29. The second-order valence-corrected chi connectivity index (χ2v) is 4.50. The summed E-state index contributed by atoms with van der Waals surface area (Å²) in [6.45, 7) is 4.22. The summed E-state index contributed by atoms with van der Waals surface area (Å²) in [5.74, 6) is 1.38. The molecular formula is C12H20O2. The van der Waals surface area contributed by atoms with Gasteiger partial charge in [-0.2, -0.15) is 0 Å². The van der Waals surface area contributed by atoms with Crippen molar-refractivity contribution in [1.29, 1.82) is 0 Å². The Hall–Kier alpha value is -0.630. The molecule has 1 saturated carbocycles. The molecule has 0 saturated heterocycles. The van der Waals surface area contributed by atoms with E-state index in [0.717, 1.165) is 19.1 Å². The first-order chi connectivity index (χ1) is 6.65. The maximum absolute atomic E-state index is 10.2. The molecule has 1 N–H and O–H groups in total. The molecule has 0 bridgehead atoms. The number of allylic oxidation sites excluding steroid dienone is 2. The van der Waals surface area contributed by atoms with E-state index in [4.69, 9.17) is 0 Å². The third kappa shape index (κ3) is 2.95. The highest BCUT2D eigenvalue weighted by Gasteiger charge is 2.28. The van der Waals surface area contributed by atoms with Crippen LogP contribution in [0.25, 0.3) is 0 Å². The third-order valence-corrected chi connectivity index (χ3v) is 3.43. The van der Waals surface area contributed by atoms with Crippen LogP contribution >= 0.6 is 0 Å². The van der Waals surface area contributed by atoms with Crippen molar-refractivity contribution in [1.82, 2.24) is 0 Å². The van der Waals surface area contributed by atoms with Crippen LogP contribution in [-0.4, -0.2) is 17.5 Å². The molecular weight excluding hydrogens is 176 g/mol. The zero-order valence-electron chi connectivity index (χ0n) is 9.02. The molecule has 4 atom stereocenters. The second-order valence-electron chi connectivity index (χ2n) is 4.50. The number of aliphatic hydroxyl groups excluding tert-OH is 1. The number of hydrogen-bond donors (Lipinski definition) is 1. The van der Waals surface area contributed by atoms with E-state index in [0.29, 0.717) is 17.8 Å². The predicted molar refractivity (Wildman–Crippen MR) is 56.9 cm³/mol. The third-order valence-electron chi connectivity index (χ3n) is 3.43. The number of carbonyl (C=O) groups excluding carboxylic acids is 1. The van der Waals surface area contributed by atoms with Gasteiger partial charge in [0.2, 0.25) is 0 Å². The van der Waals surface area contributed by atoms with Crippen LogP contribution in [0, 0.1) is 17.8 Å². The van der Waals surface area contributed by atoms with Gasteiger partial charge in [0, 0.05) is 0 Å². The fourth-order valence-electron chi connectivity index (χ4n) is 2.18. The normalized spacial score (nSPS) is 35.8. The standard InChI is InChI=1S/C12H20O2/c1-9(4-3-7-13)11-6-5-10(2)12(14)8-11/h3-4,7,9-12,14H,5-6,8H2,1-2H3/b4-3+. The fraction of sp³-hybridized carbons (Fsp3) is 0.750. The summed E-state index contributed by atoms with van der Waals surface area (Å²) in [6, 6.07) is 0. The molecule has 0 aliphatic heterocycles. The van der Waals surface area contributed by atoms with E-state index in [9.17, 15) is 9.90 Å². The van der Waals surface area contributed by atoms with Crippen molar-refractivity contribution in [2.45, 2.75) is 39.2 Å². The van der Waals surface area contributed by atoms with Crippen molar-refractivity contribution in [2.75, 3.05) is 0 Å². The molecule has 0 amide bonds. The minimum Gasteiger partial charge on any atom is -0.393 e. The highest BCUT2D eigenvalue weighted by atomic mass is 16.3. The summed E-state index contributed by atoms with van der Waals surface area (Å²) >= 11 is 0. The monoisotopic (exact) mass is 196 g/mol. The van der Waals surface area contributed by atoms with Gasteiger partial charge in [-0.05, 0) is 43.1 Å². The van der Waals surface area contributed by atoms with Gasteiger partial charge < -0.3 is 5.11 Å². The highest BCUT2D eigenvalue weighted by molar-refractivity contribution is 5.64. The predicted octanol–water partition coefficient (Wildman–Crippen LogP) is 2.17. The first-order valence-corrected chi connectivity index (χ1v) is 5.45. The topological polar surface area (TPSA) is 37.3 Å². The summed E-state index contributed by atoms with van der Waals surface area (Å²) in [5.41, 5.74) is 0. The summed E-state index contributed by atoms with van der Waals surface area (Å²) in [6.07, 6.45) is 7.33. The number of hydrogen-bond acceptors (Lipinski definition) is 2. The molecule has 0 heterocycles. The number of aldehydes is 1. The Morgan fingerprint density at radius 2 is 2.14 bits per heavy atom. The largest absolute Gasteiger partial charge is 0.393 e. The van der Waals surface area contributed by atoms with Crippen LogP contribution in [-0.2, 0) is 4.79 Å². The summed E-state index contributed by atoms with van der Waals surface area (Å²) in [4.78, 5) is 10.2.